The van der Waals surface area contributed by atoms with Gasteiger partial charge in [0, 0.05) is 18.5 Å². The summed E-state index contributed by atoms with van der Waals surface area (Å²) >= 11 is 9.80. The molecular formula is C16H22BClIN4O3PS. The van der Waals surface area contributed by atoms with Gasteiger partial charge < -0.3 is 23.3 Å². The molecule has 2 aromatic heterocycles. The summed E-state index contributed by atoms with van der Waals surface area (Å²) in [5, 5.41) is 4.37. The molecule has 2 aliphatic rings. The highest BCUT2D eigenvalue weighted by Gasteiger charge is 2.54. The second kappa shape index (κ2) is 8.73. The van der Waals surface area contributed by atoms with Crippen molar-refractivity contribution in [2.24, 2.45) is 5.92 Å². The van der Waals surface area contributed by atoms with Gasteiger partial charge in [-0.05, 0) is 68.7 Å². The first kappa shape index (κ1) is 18.9. The van der Waals surface area contributed by atoms with Crippen LogP contribution in [0.4, 0.5) is 5.95 Å². The van der Waals surface area contributed by atoms with Gasteiger partial charge in [-0.2, -0.15) is 4.98 Å². The highest BCUT2D eigenvalue weighted by molar-refractivity contribution is 14.2. The smallest absolute Gasteiger partial charge is 0.229 e. The molecule has 28 heavy (non-hydrogen) atoms. The van der Waals surface area contributed by atoms with E-state index in [1.165, 1.54) is 12.0 Å². The van der Waals surface area contributed by atoms with Crippen molar-refractivity contribution in [2.45, 2.75) is 44.3 Å². The van der Waals surface area contributed by atoms with E-state index < -0.39 is 13.6 Å². The van der Waals surface area contributed by atoms with Gasteiger partial charge in [-0.3, -0.25) is 0 Å². The van der Waals surface area contributed by atoms with Gasteiger partial charge in [-0.15, -0.1) is 0 Å². The molecule has 12 heteroatoms. The minimum atomic E-state index is -0.897. The zero-order chi connectivity index (χ0) is 21.5. The fraction of sp³-hybridized carbons (Fsp3) is 0.625. The molecule has 0 aromatic carbocycles. The monoisotopic (exact) mass is 557 g/mol. The highest BCUT2D eigenvalue weighted by Crippen LogP contribution is 2.48. The predicted molar refractivity (Wildman–Crippen MR) is 126 cm³/mol. The number of anilines is 1. The fourth-order valence-electron chi connectivity index (χ4n) is 4.04. The summed E-state index contributed by atoms with van der Waals surface area (Å²) < 4.78 is 34.9. The summed E-state index contributed by atoms with van der Waals surface area (Å²) in [4.78, 5) is 9.01. The molecule has 5 atom stereocenters. The van der Waals surface area contributed by atoms with Crippen LogP contribution in [0.5, 0.6) is 0 Å². The Morgan fingerprint density at radius 2 is 2.43 bits per heavy atom. The molecule has 1 saturated carbocycles. The van der Waals surface area contributed by atoms with Crippen molar-refractivity contribution in [1.29, 1.82) is 2.67 Å². The molecule has 1 aliphatic heterocycles. The minimum absolute atomic E-state index is 0.0221. The number of nitrogens with zero attached hydrogens (tertiary/aromatic N) is 3. The lowest BCUT2D eigenvalue weighted by Gasteiger charge is -2.24. The maximum absolute atomic E-state index is 7.29. The van der Waals surface area contributed by atoms with Crippen molar-refractivity contribution in [3.8, 4) is 0 Å². The molecule has 3 heterocycles. The average Bonchev–Trinajstić information content (AvgIpc) is 3.30. The van der Waals surface area contributed by atoms with Gasteiger partial charge in [0.05, 0.1) is 24.1 Å². The largest absolute Gasteiger partial charge is 0.344 e. The lowest BCUT2D eigenvalue weighted by molar-refractivity contribution is -0.161. The second-order valence-corrected chi connectivity index (χ2v) is 10.4. The van der Waals surface area contributed by atoms with E-state index in [1.807, 2.05) is 26.1 Å². The summed E-state index contributed by atoms with van der Waals surface area (Å²) in [6, 6.07) is 1.96. The highest BCUT2D eigenvalue weighted by atomic mass is 127. The van der Waals surface area contributed by atoms with Gasteiger partial charge >= 0.3 is 0 Å². The summed E-state index contributed by atoms with van der Waals surface area (Å²) in [6.45, 7) is 4.33. The van der Waals surface area contributed by atoms with Crippen molar-refractivity contribution in [1.82, 2.24) is 14.5 Å². The van der Waals surface area contributed by atoms with E-state index in [0.717, 1.165) is 17.5 Å². The minimum Gasteiger partial charge on any atom is -0.344 e. The zero-order valence-electron chi connectivity index (χ0n) is 17.4. The third-order valence-electron chi connectivity index (χ3n) is 5.03. The van der Waals surface area contributed by atoms with Gasteiger partial charge in [0.2, 0.25) is 5.95 Å². The summed E-state index contributed by atoms with van der Waals surface area (Å²) in [6.07, 6.45) is 3.00. The van der Waals surface area contributed by atoms with Crippen LogP contribution in [-0.4, -0.2) is 55.2 Å². The van der Waals surface area contributed by atoms with E-state index in [0.29, 0.717) is 29.7 Å². The van der Waals surface area contributed by atoms with Crippen molar-refractivity contribution in [3.05, 3.63) is 17.4 Å². The van der Waals surface area contributed by atoms with Crippen LogP contribution in [0.15, 0.2) is 12.3 Å². The van der Waals surface area contributed by atoms with E-state index >= 15 is 0 Å². The van der Waals surface area contributed by atoms with Gasteiger partial charge in [-0.1, -0.05) is 11.6 Å². The Morgan fingerprint density at radius 1 is 1.61 bits per heavy atom. The lowest BCUT2D eigenvalue weighted by Crippen LogP contribution is -2.27. The van der Waals surface area contributed by atoms with Crippen molar-refractivity contribution < 1.29 is 13.7 Å². The molecule has 0 spiro atoms. The number of hydrogen-bond donors (Lipinski definition) is 1. The van der Waals surface area contributed by atoms with Crippen LogP contribution in [0.2, 0.25) is 5.15 Å². The van der Waals surface area contributed by atoms with E-state index in [-0.39, 0.29) is 24.2 Å². The van der Waals surface area contributed by atoms with Crippen LogP contribution in [0.25, 0.3) is 11.0 Å². The third-order valence-corrected chi connectivity index (χ3v) is 6.88. The quantitative estimate of drug-likeness (QED) is 0.132. The molecule has 2 fully saturated rings. The predicted octanol–water partition coefficient (Wildman–Crippen LogP) is 3.78. The number of nitrogens with one attached hydrogen (secondary N) is 1. The Kier molecular flexibility index (Phi) is 5.89. The average molecular weight is 558 g/mol. The van der Waals surface area contributed by atoms with E-state index in [1.54, 1.807) is 0 Å². The SMILES string of the molecule is [2H]B([3H])CSOCC1CC(n2ccc3c(Cl)nc(NPI)nc32)C2OC(C)(C)OC12. The number of ether oxygens (including phenoxy) is 2. The van der Waals surface area contributed by atoms with Crippen LogP contribution in [-0.2, 0) is 13.7 Å². The molecular weight excluding hydrogens is 532 g/mol. The number of hydrogen-bond acceptors (Lipinski definition) is 7. The normalized spacial score (nSPS) is 30.0. The number of halogens is 2. The fourth-order valence-corrected chi connectivity index (χ4v) is 5.55. The van der Waals surface area contributed by atoms with Gasteiger partial charge in [-0.25, -0.2) is 4.98 Å². The van der Waals surface area contributed by atoms with Gasteiger partial charge in [0.25, 0.3) is 0 Å². The second-order valence-electron chi connectivity index (χ2n) is 7.21. The van der Waals surface area contributed by atoms with Crippen LogP contribution in [0.1, 0.15) is 26.3 Å². The molecule has 4 rings (SSSR count). The molecule has 5 unspecified atom stereocenters. The summed E-state index contributed by atoms with van der Waals surface area (Å²) in [5.74, 6) is -0.0278. The molecule has 152 valence electrons. The Morgan fingerprint density at radius 3 is 3.21 bits per heavy atom. The Hall–Kier alpha value is 0.165. The summed E-state index contributed by atoms with van der Waals surface area (Å²) in [7, 11) is -0.897. The van der Waals surface area contributed by atoms with Crippen LogP contribution in [0, 0.1) is 5.92 Å². The first-order valence-corrected chi connectivity index (χ1v) is 14.3. The van der Waals surface area contributed by atoms with Crippen LogP contribution >= 0.6 is 52.1 Å². The molecule has 2 aromatic rings. The first-order valence-electron chi connectivity index (χ1n) is 10.0. The van der Waals surface area contributed by atoms with Crippen LogP contribution < -0.4 is 5.09 Å². The van der Waals surface area contributed by atoms with Gasteiger partial charge in [0.1, 0.15) is 24.7 Å². The Labute approximate surface area is 192 Å². The van der Waals surface area contributed by atoms with Gasteiger partial charge in [0.15, 0.2) is 5.79 Å². The molecule has 0 radical (unpaired) electrons. The van der Waals surface area contributed by atoms with E-state index in [2.05, 4.69) is 41.7 Å². The third kappa shape index (κ3) is 4.15. The maximum Gasteiger partial charge on any atom is 0.229 e. The standard InChI is InChI=1S/C16H22BClIN4O3PS/c1-16(2)25-11-8(6-24-28-7-17)5-10(12(11)26-16)23-4-3-9-13(18)20-15(22-27-19)21-14(9)23/h3-4,8,10-12,27H,5-7,17H2,1-2H3,(H,20,21,22)/i17TD. The maximum atomic E-state index is 7.29. The molecule has 1 aliphatic carbocycles. The lowest BCUT2D eigenvalue weighted by atomic mass is 10.1. The Balaban J connectivity index is 1.60. The first-order chi connectivity index (χ1) is 14.3. The molecule has 7 nitrogen and oxygen atoms in total. The molecule has 0 amide bonds. The topological polar surface area (TPSA) is 70.4 Å². The van der Waals surface area contributed by atoms with Crippen molar-refractivity contribution >= 4 is 76.8 Å². The van der Waals surface area contributed by atoms with E-state index in [9.17, 15) is 0 Å². The van der Waals surface area contributed by atoms with E-state index in [4.69, 9.17) is 27.9 Å². The molecule has 1 N–H and O–H groups in total. The molecule has 1 saturated heterocycles. The Bertz CT molecular complexity index is 917. The zero-order valence-corrected chi connectivity index (χ0v) is 20.1. The van der Waals surface area contributed by atoms with Crippen LogP contribution in [0.3, 0.4) is 0 Å². The van der Waals surface area contributed by atoms with Crippen molar-refractivity contribution in [3.63, 3.8) is 0 Å². The summed E-state index contributed by atoms with van der Waals surface area (Å²) in [5.41, 5.74) is 1.09. The number of rotatable bonds is 8. The number of fused-ring (bicyclic) bond motifs is 2. The molecule has 0 bridgehead atoms. The number of aromatic nitrogens is 3. The van der Waals surface area contributed by atoms with Crippen molar-refractivity contribution in [2.75, 3.05) is 17.3 Å².